The van der Waals surface area contributed by atoms with Gasteiger partial charge in [-0.15, -0.1) is 0 Å². The number of pyridine rings is 1. The zero-order chi connectivity index (χ0) is 13.7. The SMILES string of the molecule is COc1ccc(O)c(CNCc2ncccc2C)c1. The molecule has 0 aliphatic carbocycles. The van der Waals surface area contributed by atoms with Gasteiger partial charge in [0.05, 0.1) is 12.8 Å². The molecule has 2 rings (SSSR count). The van der Waals surface area contributed by atoms with Gasteiger partial charge in [-0.1, -0.05) is 6.07 Å². The maximum Gasteiger partial charge on any atom is 0.120 e. The smallest absolute Gasteiger partial charge is 0.120 e. The van der Waals surface area contributed by atoms with Crippen LogP contribution in [-0.2, 0) is 13.1 Å². The van der Waals surface area contributed by atoms with Crippen LogP contribution in [0.15, 0.2) is 36.5 Å². The van der Waals surface area contributed by atoms with Crippen LogP contribution in [0.4, 0.5) is 0 Å². The zero-order valence-corrected chi connectivity index (χ0v) is 11.2. The van der Waals surface area contributed by atoms with E-state index in [1.54, 1.807) is 25.4 Å². The van der Waals surface area contributed by atoms with Gasteiger partial charge in [0.1, 0.15) is 11.5 Å². The van der Waals surface area contributed by atoms with E-state index in [9.17, 15) is 5.11 Å². The molecule has 100 valence electrons. The van der Waals surface area contributed by atoms with Gasteiger partial charge in [-0.2, -0.15) is 0 Å². The maximum atomic E-state index is 9.77. The molecule has 0 fully saturated rings. The Hall–Kier alpha value is -2.07. The Morgan fingerprint density at radius 3 is 2.84 bits per heavy atom. The molecule has 0 aliphatic heterocycles. The molecular weight excluding hydrogens is 240 g/mol. The van der Waals surface area contributed by atoms with Crippen molar-refractivity contribution in [3.05, 3.63) is 53.3 Å². The minimum atomic E-state index is 0.269. The molecule has 2 N–H and O–H groups in total. The third-order valence-corrected chi connectivity index (χ3v) is 3.01. The number of benzene rings is 1. The number of hydrogen-bond donors (Lipinski definition) is 2. The Balaban J connectivity index is 1.98. The fourth-order valence-corrected chi connectivity index (χ4v) is 1.85. The Labute approximate surface area is 113 Å². The van der Waals surface area contributed by atoms with Gasteiger partial charge in [0.15, 0.2) is 0 Å². The lowest BCUT2D eigenvalue weighted by atomic mass is 10.1. The summed E-state index contributed by atoms with van der Waals surface area (Å²) >= 11 is 0. The van der Waals surface area contributed by atoms with Crippen molar-refractivity contribution in [1.82, 2.24) is 10.3 Å². The standard InChI is InChI=1S/C15H18N2O2/c1-11-4-3-7-17-14(11)10-16-9-12-8-13(19-2)5-6-15(12)18/h3-8,16,18H,9-10H2,1-2H3. The molecule has 0 spiro atoms. The first-order valence-electron chi connectivity index (χ1n) is 6.18. The van der Waals surface area contributed by atoms with Crippen LogP contribution in [-0.4, -0.2) is 17.2 Å². The van der Waals surface area contributed by atoms with Crippen molar-refractivity contribution in [3.8, 4) is 11.5 Å². The Bertz CT molecular complexity index is 556. The highest BCUT2D eigenvalue weighted by molar-refractivity contribution is 5.39. The largest absolute Gasteiger partial charge is 0.508 e. The summed E-state index contributed by atoms with van der Waals surface area (Å²) in [6.45, 7) is 3.27. The van der Waals surface area contributed by atoms with Crippen LogP contribution in [0.25, 0.3) is 0 Å². The van der Waals surface area contributed by atoms with Crippen molar-refractivity contribution in [2.24, 2.45) is 0 Å². The Morgan fingerprint density at radius 2 is 2.11 bits per heavy atom. The summed E-state index contributed by atoms with van der Waals surface area (Å²) in [5, 5.41) is 13.0. The number of aromatic nitrogens is 1. The topological polar surface area (TPSA) is 54.4 Å². The molecule has 4 heteroatoms. The maximum absolute atomic E-state index is 9.77. The molecule has 0 atom stereocenters. The van der Waals surface area contributed by atoms with Gasteiger partial charge < -0.3 is 15.2 Å². The minimum Gasteiger partial charge on any atom is -0.508 e. The average Bonchev–Trinajstić information content (AvgIpc) is 2.43. The molecule has 0 amide bonds. The molecule has 2 aromatic rings. The second-order valence-corrected chi connectivity index (χ2v) is 4.37. The van der Waals surface area contributed by atoms with Crippen molar-refractivity contribution >= 4 is 0 Å². The zero-order valence-electron chi connectivity index (χ0n) is 11.2. The number of methoxy groups -OCH3 is 1. The van der Waals surface area contributed by atoms with Crippen LogP contribution in [0.1, 0.15) is 16.8 Å². The van der Waals surface area contributed by atoms with E-state index in [-0.39, 0.29) is 5.75 Å². The lowest BCUT2D eigenvalue weighted by Crippen LogP contribution is -2.14. The number of rotatable bonds is 5. The van der Waals surface area contributed by atoms with Gasteiger partial charge in [-0.25, -0.2) is 0 Å². The summed E-state index contributed by atoms with van der Waals surface area (Å²) in [5.41, 5.74) is 2.99. The van der Waals surface area contributed by atoms with Crippen LogP contribution in [0.2, 0.25) is 0 Å². The second-order valence-electron chi connectivity index (χ2n) is 4.37. The summed E-state index contributed by atoms with van der Waals surface area (Å²) in [6.07, 6.45) is 1.78. The van der Waals surface area contributed by atoms with E-state index in [0.717, 1.165) is 22.6 Å². The van der Waals surface area contributed by atoms with Crippen LogP contribution >= 0.6 is 0 Å². The van der Waals surface area contributed by atoms with Crippen molar-refractivity contribution in [3.63, 3.8) is 0 Å². The van der Waals surface area contributed by atoms with Crippen LogP contribution in [0, 0.1) is 6.92 Å². The van der Waals surface area contributed by atoms with Crippen molar-refractivity contribution in [1.29, 1.82) is 0 Å². The average molecular weight is 258 g/mol. The summed E-state index contributed by atoms with van der Waals surface area (Å²) in [7, 11) is 1.61. The van der Waals surface area contributed by atoms with E-state index in [2.05, 4.69) is 10.3 Å². The number of phenolic OH excluding ortho intramolecular Hbond substituents is 1. The number of nitrogens with zero attached hydrogens (tertiary/aromatic N) is 1. The number of nitrogens with one attached hydrogen (secondary N) is 1. The Kier molecular flexibility index (Phi) is 4.36. The van der Waals surface area contributed by atoms with E-state index >= 15 is 0 Å². The van der Waals surface area contributed by atoms with E-state index < -0.39 is 0 Å². The van der Waals surface area contributed by atoms with Gasteiger partial charge in [0.25, 0.3) is 0 Å². The summed E-state index contributed by atoms with van der Waals surface area (Å²) in [6, 6.07) is 9.16. The van der Waals surface area contributed by atoms with Crippen molar-refractivity contribution < 1.29 is 9.84 Å². The fraction of sp³-hybridized carbons (Fsp3) is 0.267. The molecule has 0 unspecified atom stereocenters. The predicted octanol–water partition coefficient (Wildman–Crippen LogP) is 2.39. The van der Waals surface area contributed by atoms with Gasteiger partial charge >= 0.3 is 0 Å². The third-order valence-electron chi connectivity index (χ3n) is 3.01. The molecule has 0 saturated heterocycles. The summed E-state index contributed by atoms with van der Waals surface area (Å²) < 4.78 is 5.14. The van der Waals surface area contributed by atoms with Gasteiger partial charge in [0, 0.05) is 24.8 Å². The van der Waals surface area contributed by atoms with Crippen LogP contribution in [0.5, 0.6) is 11.5 Å². The normalized spacial score (nSPS) is 10.4. The van der Waals surface area contributed by atoms with E-state index in [1.807, 2.05) is 25.1 Å². The molecule has 1 aromatic heterocycles. The molecular formula is C15H18N2O2. The number of aryl methyl sites for hydroxylation is 1. The highest BCUT2D eigenvalue weighted by Crippen LogP contribution is 2.22. The van der Waals surface area contributed by atoms with E-state index in [4.69, 9.17) is 4.74 Å². The summed E-state index contributed by atoms with van der Waals surface area (Å²) in [4.78, 5) is 4.32. The van der Waals surface area contributed by atoms with Gasteiger partial charge in [-0.3, -0.25) is 4.98 Å². The quantitative estimate of drug-likeness (QED) is 0.864. The number of hydrogen-bond acceptors (Lipinski definition) is 4. The molecule has 0 bridgehead atoms. The molecule has 1 aromatic carbocycles. The highest BCUT2D eigenvalue weighted by atomic mass is 16.5. The molecule has 0 saturated carbocycles. The van der Waals surface area contributed by atoms with Crippen LogP contribution < -0.4 is 10.1 Å². The minimum absolute atomic E-state index is 0.269. The lowest BCUT2D eigenvalue weighted by molar-refractivity contribution is 0.410. The Morgan fingerprint density at radius 1 is 1.26 bits per heavy atom. The van der Waals surface area contributed by atoms with Crippen molar-refractivity contribution in [2.45, 2.75) is 20.0 Å². The molecule has 0 radical (unpaired) electrons. The second kappa shape index (κ2) is 6.20. The number of aromatic hydroxyl groups is 1. The van der Waals surface area contributed by atoms with Crippen LogP contribution in [0.3, 0.4) is 0 Å². The third kappa shape index (κ3) is 3.45. The lowest BCUT2D eigenvalue weighted by Gasteiger charge is -2.09. The van der Waals surface area contributed by atoms with Crippen molar-refractivity contribution in [2.75, 3.05) is 7.11 Å². The monoisotopic (exact) mass is 258 g/mol. The number of ether oxygens (including phenoxy) is 1. The van der Waals surface area contributed by atoms with E-state index in [1.165, 1.54) is 0 Å². The predicted molar refractivity (Wildman–Crippen MR) is 74.2 cm³/mol. The van der Waals surface area contributed by atoms with Gasteiger partial charge in [0.2, 0.25) is 0 Å². The molecule has 0 aliphatic rings. The first-order chi connectivity index (χ1) is 9.20. The first-order valence-corrected chi connectivity index (χ1v) is 6.18. The number of phenols is 1. The van der Waals surface area contributed by atoms with E-state index in [0.29, 0.717) is 13.1 Å². The fourth-order valence-electron chi connectivity index (χ4n) is 1.85. The van der Waals surface area contributed by atoms with Gasteiger partial charge in [-0.05, 0) is 36.8 Å². The summed E-state index contributed by atoms with van der Waals surface area (Å²) in [5.74, 6) is 1.01. The molecule has 1 heterocycles. The highest BCUT2D eigenvalue weighted by Gasteiger charge is 2.04. The molecule has 4 nitrogen and oxygen atoms in total. The molecule has 19 heavy (non-hydrogen) atoms. The first kappa shape index (κ1) is 13.4.